The Hall–Kier alpha value is -6.27. The molecule has 10 aromatic rings. The lowest BCUT2D eigenvalue weighted by Crippen LogP contribution is -2.55. The summed E-state index contributed by atoms with van der Waals surface area (Å²) in [7, 11) is 11.0. The molecule has 7 aromatic carbocycles. The maximum atomic E-state index is 6.39. The molecule has 0 bridgehead atoms. The molecule has 0 aliphatic carbocycles. The first-order chi connectivity index (χ1) is 25.8. The Bertz CT molecular complexity index is 3070. The molecule has 10 rings (SSSR count). The Morgan fingerprint density at radius 2 is 0.925 bits per heavy atom. The Balaban J connectivity index is 1.21. The quantitative estimate of drug-likeness (QED) is 0.270. The molecular formula is C43H31B5N4O. The van der Waals surface area contributed by atoms with E-state index in [2.05, 4.69) is 165 Å². The Morgan fingerprint density at radius 1 is 0.415 bits per heavy atom. The number of para-hydroxylation sites is 2. The summed E-state index contributed by atoms with van der Waals surface area (Å²) in [6.45, 7) is 0. The summed E-state index contributed by atoms with van der Waals surface area (Å²) < 4.78 is 8.57. The molecule has 10 heteroatoms. The number of benzene rings is 7. The van der Waals surface area contributed by atoms with Crippen molar-refractivity contribution >= 4 is 121 Å². The molecule has 5 nitrogen and oxygen atoms in total. The minimum Gasteiger partial charge on any atom is -0.456 e. The van der Waals surface area contributed by atoms with Gasteiger partial charge in [-0.1, -0.05) is 89.8 Å². The van der Waals surface area contributed by atoms with Crippen LogP contribution in [0, 0.1) is 0 Å². The van der Waals surface area contributed by atoms with E-state index in [4.69, 9.17) is 19.4 Å². The van der Waals surface area contributed by atoms with Gasteiger partial charge in [-0.15, -0.1) is 16.4 Å². The third-order valence-electron chi connectivity index (χ3n) is 11.4. The predicted octanol–water partition coefficient (Wildman–Crippen LogP) is 2.31. The van der Waals surface area contributed by atoms with Gasteiger partial charge in [0.25, 0.3) is 0 Å². The summed E-state index contributed by atoms with van der Waals surface area (Å²) in [4.78, 5) is 15.8. The lowest BCUT2D eigenvalue weighted by Gasteiger charge is -2.20. The standard InChI is InChI=1S/C43H31B5N4O/c44-36-35(37(45)39(47)40(48)38(36)46)42-49-41(50-43(51-42)52-31-11-5-3-9-27(31)28-10-4-6-12-32(28)52)26-16-18-34-30(21-26)29-20-25(15-17-33(29)53-34)24-14-13-22-7-1-2-8-23(22)19-24/h1-21H,44-48H2. The molecule has 0 fully saturated rings. The SMILES string of the molecule is Bc1c(B)c(B)c(-c2nc(-c3ccc4oc5ccc(-c6ccc7ccccc7c6)cc5c4c3)nc(-n3c4ccccc4c4ccccc43)n2)c(B)c1B. The van der Waals surface area contributed by atoms with Crippen LogP contribution in [0.15, 0.2) is 132 Å². The third kappa shape index (κ3) is 4.89. The monoisotopic (exact) mass is 674 g/mol. The van der Waals surface area contributed by atoms with Gasteiger partial charge >= 0.3 is 0 Å². The van der Waals surface area contributed by atoms with Crippen LogP contribution in [-0.2, 0) is 0 Å². The second-order valence-corrected chi connectivity index (χ2v) is 14.2. The van der Waals surface area contributed by atoms with E-state index in [0.717, 1.165) is 60.4 Å². The average molecular weight is 674 g/mol. The molecule has 0 radical (unpaired) electrons. The number of hydrogen-bond acceptors (Lipinski definition) is 4. The van der Waals surface area contributed by atoms with Gasteiger partial charge in [0.2, 0.25) is 5.95 Å². The van der Waals surface area contributed by atoms with E-state index in [1.54, 1.807) is 0 Å². The fourth-order valence-electron chi connectivity index (χ4n) is 8.14. The second-order valence-electron chi connectivity index (χ2n) is 14.2. The largest absolute Gasteiger partial charge is 0.456 e. The summed E-state index contributed by atoms with van der Waals surface area (Å²) in [6.07, 6.45) is 0. The molecule has 244 valence electrons. The van der Waals surface area contributed by atoms with Gasteiger partial charge < -0.3 is 4.42 Å². The molecule has 53 heavy (non-hydrogen) atoms. The first-order valence-corrected chi connectivity index (χ1v) is 18.1. The highest BCUT2D eigenvalue weighted by Crippen LogP contribution is 2.36. The first kappa shape index (κ1) is 31.5. The summed E-state index contributed by atoms with van der Waals surface area (Å²) in [6, 6.07) is 44.8. The Kier molecular flexibility index (Phi) is 7.06. The minimum absolute atomic E-state index is 0.591. The van der Waals surface area contributed by atoms with Crippen LogP contribution in [0.5, 0.6) is 0 Å². The highest BCUT2D eigenvalue weighted by atomic mass is 16.3. The molecule has 0 atom stereocenters. The van der Waals surface area contributed by atoms with Crippen molar-refractivity contribution in [3.63, 3.8) is 0 Å². The topological polar surface area (TPSA) is 56.7 Å². The van der Waals surface area contributed by atoms with E-state index in [1.165, 1.54) is 43.6 Å². The number of hydrogen-bond donors (Lipinski definition) is 0. The van der Waals surface area contributed by atoms with Gasteiger partial charge in [-0.25, -0.2) is 4.98 Å². The predicted molar refractivity (Wildman–Crippen MR) is 236 cm³/mol. The lowest BCUT2D eigenvalue weighted by molar-refractivity contribution is 0.669. The molecule has 0 N–H and O–H groups in total. The van der Waals surface area contributed by atoms with Gasteiger partial charge in [0.15, 0.2) is 11.6 Å². The third-order valence-corrected chi connectivity index (χ3v) is 11.4. The highest BCUT2D eigenvalue weighted by molar-refractivity contribution is 6.68. The summed E-state index contributed by atoms with van der Waals surface area (Å²) in [5.41, 5.74) is 14.3. The summed E-state index contributed by atoms with van der Waals surface area (Å²) in [5, 5.41) is 6.85. The Labute approximate surface area is 311 Å². The van der Waals surface area contributed by atoms with Gasteiger partial charge in [-0.3, -0.25) is 4.57 Å². The van der Waals surface area contributed by atoms with Crippen LogP contribution in [0.3, 0.4) is 0 Å². The lowest BCUT2D eigenvalue weighted by atomic mass is 9.60. The number of aromatic nitrogens is 4. The van der Waals surface area contributed by atoms with Crippen LogP contribution < -0.4 is 27.3 Å². The van der Waals surface area contributed by atoms with Crippen molar-refractivity contribution in [1.82, 2.24) is 19.5 Å². The zero-order chi connectivity index (χ0) is 36.0. The normalized spacial score (nSPS) is 11.8. The maximum Gasteiger partial charge on any atom is 0.238 e. The van der Waals surface area contributed by atoms with Crippen molar-refractivity contribution in [1.29, 1.82) is 0 Å². The van der Waals surface area contributed by atoms with Crippen LogP contribution in [0.1, 0.15) is 0 Å². The molecule has 0 saturated heterocycles. The van der Waals surface area contributed by atoms with Crippen LogP contribution in [-0.4, -0.2) is 58.8 Å². The molecule has 0 aliphatic heterocycles. The van der Waals surface area contributed by atoms with E-state index in [-0.39, 0.29) is 0 Å². The van der Waals surface area contributed by atoms with E-state index < -0.39 is 0 Å². The fourth-order valence-corrected chi connectivity index (χ4v) is 8.14. The van der Waals surface area contributed by atoms with Gasteiger partial charge in [0.05, 0.1) is 11.0 Å². The van der Waals surface area contributed by atoms with E-state index >= 15 is 0 Å². The zero-order valence-electron chi connectivity index (χ0n) is 30.3. The van der Waals surface area contributed by atoms with Crippen LogP contribution in [0.4, 0.5) is 0 Å². The maximum absolute atomic E-state index is 6.39. The number of rotatable bonds is 4. The van der Waals surface area contributed by atoms with E-state index in [1.807, 2.05) is 6.07 Å². The van der Waals surface area contributed by atoms with Gasteiger partial charge in [0.1, 0.15) is 50.4 Å². The van der Waals surface area contributed by atoms with Crippen molar-refractivity contribution in [2.75, 3.05) is 0 Å². The molecule has 3 heterocycles. The van der Waals surface area contributed by atoms with Crippen LogP contribution >= 0.6 is 0 Å². The van der Waals surface area contributed by atoms with Crippen molar-refractivity contribution in [2.24, 2.45) is 0 Å². The van der Waals surface area contributed by atoms with Crippen molar-refractivity contribution < 1.29 is 4.42 Å². The van der Waals surface area contributed by atoms with Crippen molar-refractivity contribution in [2.45, 2.75) is 0 Å². The molecule has 3 aromatic heterocycles. The molecule has 0 unspecified atom stereocenters. The zero-order valence-corrected chi connectivity index (χ0v) is 30.3. The highest BCUT2D eigenvalue weighted by Gasteiger charge is 2.21. The van der Waals surface area contributed by atoms with Gasteiger partial charge in [0, 0.05) is 32.7 Å². The Morgan fingerprint density at radius 3 is 1.60 bits per heavy atom. The minimum atomic E-state index is 0.591. The van der Waals surface area contributed by atoms with Crippen molar-refractivity contribution in [3.05, 3.63) is 127 Å². The molecule has 0 spiro atoms. The fraction of sp³-hybridized carbons (Fsp3) is 0. The molecular weight excluding hydrogens is 643 g/mol. The summed E-state index contributed by atoms with van der Waals surface area (Å²) >= 11 is 0. The van der Waals surface area contributed by atoms with Gasteiger partial charge in [-0.05, 0) is 70.4 Å². The summed E-state index contributed by atoms with van der Waals surface area (Å²) in [5.74, 6) is 1.88. The van der Waals surface area contributed by atoms with E-state index in [0.29, 0.717) is 17.6 Å². The number of fused-ring (bicyclic) bond motifs is 7. The molecule has 0 aliphatic rings. The number of furan rings is 1. The van der Waals surface area contributed by atoms with Crippen molar-refractivity contribution in [3.8, 4) is 39.9 Å². The van der Waals surface area contributed by atoms with E-state index in [9.17, 15) is 0 Å². The molecule has 0 saturated carbocycles. The first-order valence-electron chi connectivity index (χ1n) is 18.1. The average Bonchev–Trinajstić information content (AvgIpc) is 3.74. The van der Waals surface area contributed by atoms with Gasteiger partial charge in [-0.2, -0.15) is 9.97 Å². The second kappa shape index (κ2) is 11.9. The van der Waals surface area contributed by atoms with Crippen LogP contribution in [0.2, 0.25) is 0 Å². The number of nitrogens with zero attached hydrogens (tertiary/aromatic N) is 4. The smallest absolute Gasteiger partial charge is 0.238 e. The molecule has 0 amide bonds. The van der Waals surface area contributed by atoms with Crippen LogP contribution in [0.25, 0.3) is 94.4 Å².